The smallest absolute Gasteiger partial charge is 0.308 e. The summed E-state index contributed by atoms with van der Waals surface area (Å²) in [5.41, 5.74) is 0. The van der Waals surface area contributed by atoms with E-state index in [-0.39, 0.29) is 11.9 Å². The van der Waals surface area contributed by atoms with Crippen molar-refractivity contribution in [2.24, 2.45) is 5.92 Å². The summed E-state index contributed by atoms with van der Waals surface area (Å²) in [5.74, 6) is 0.155. The minimum atomic E-state index is 0.0245. The highest BCUT2D eigenvalue weighted by atomic mass is 16.5. The summed E-state index contributed by atoms with van der Waals surface area (Å²) in [6, 6.07) is 0. The van der Waals surface area contributed by atoms with Gasteiger partial charge in [0.2, 0.25) is 0 Å². The van der Waals surface area contributed by atoms with Gasteiger partial charge in [-0.25, -0.2) is 0 Å². The maximum absolute atomic E-state index is 11.7. The van der Waals surface area contributed by atoms with E-state index in [0.29, 0.717) is 6.61 Å². The fourth-order valence-corrected chi connectivity index (χ4v) is 1.94. The predicted octanol–water partition coefficient (Wildman–Crippen LogP) is 4.72. The van der Waals surface area contributed by atoms with Crippen molar-refractivity contribution in [2.75, 3.05) is 6.61 Å². The summed E-state index contributed by atoms with van der Waals surface area (Å²) in [4.78, 5) is 11.7. The molecule has 0 N–H and O–H groups in total. The van der Waals surface area contributed by atoms with Gasteiger partial charge in [0.15, 0.2) is 0 Å². The molecule has 0 aromatic rings. The number of rotatable bonds is 11. The molecule has 1 atom stereocenters. The molecule has 2 heteroatoms. The number of carbonyl (C=O) groups is 1. The molecule has 102 valence electrons. The summed E-state index contributed by atoms with van der Waals surface area (Å²) in [6.45, 7) is 7.05. The Hall–Kier alpha value is -0.530. The molecule has 0 aliphatic heterocycles. The van der Waals surface area contributed by atoms with Gasteiger partial charge in [0, 0.05) is 0 Å². The van der Waals surface area contributed by atoms with Gasteiger partial charge in [-0.15, -0.1) is 0 Å². The predicted molar refractivity (Wildman–Crippen MR) is 73.0 cm³/mol. The van der Waals surface area contributed by atoms with Gasteiger partial charge in [-0.1, -0.05) is 59.3 Å². The zero-order valence-electron chi connectivity index (χ0n) is 12.0. The van der Waals surface area contributed by atoms with Gasteiger partial charge in [-0.05, 0) is 19.3 Å². The molecule has 0 radical (unpaired) electrons. The van der Waals surface area contributed by atoms with E-state index in [1.807, 2.05) is 0 Å². The van der Waals surface area contributed by atoms with Crippen molar-refractivity contribution in [1.82, 2.24) is 0 Å². The first kappa shape index (κ1) is 16.5. The van der Waals surface area contributed by atoms with E-state index in [4.69, 9.17) is 4.74 Å². The second-order valence-electron chi connectivity index (χ2n) is 4.83. The highest BCUT2D eigenvalue weighted by Crippen LogP contribution is 2.14. The summed E-state index contributed by atoms with van der Waals surface area (Å²) >= 11 is 0. The average molecular weight is 242 g/mol. The van der Waals surface area contributed by atoms with Crippen molar-refractivity contribution >= 4 is 5.97 Å². The van der Waals surface area contributed by atoms with Crippen LogP contribution in [0.25, 0.3) is 0 Å². The maximum Gasteiger partial charge on any atom is 0.308 e. The third-order valence-corrected chi connectivity index (χ3v) is 3.22. The fraction of sp³-hybridized carbons (Fsp3) is 0.933. The molecule has 0 aliphatic rings. The van der Waals surface area contributed by atoms with E-state index < -0.39 is 0 Å². The van der Waals surface area contributed by atoms with Crippen LogP contribution in [0.4, 0.5) is 0 Å². The lowest BCUT2D eigenvalue weighted by atomic mass is 10.00. The van der Waals surface area contributed by atoms with E-state index in [9.17, 15) is 4.79 Å². The van der Waals surface area contributed by atoms with Crippen molar-refractivity contribution < 1.29 is 9.53 Å². The third-order valence-electron chi connectivity index (χ3n) is 3.22. The zero-order chi connectivity index (χ0) is 12.9. The molecular formula is C15H30O2. The number of esters is 1. The first-order valence-corrected chi connectivity index (χ1v) is 7.42. The molecule has 0 saturated carbocycles. The monoisotopic (exact) mass is 242 g/mol. The van der Waals surface area contributed by atoms with Crippen LogP contribution in [0.15, 0.2) is 0 Å². The highest BCUT2D eigenvalue weighted by Gasteiger charge is 2.16. The van der Waals surface area contributed by atoms with Crippen LogP contribution in [0.5, 0.6) is 0 Å². The van der Waals surface area contributed by atoms with Gasteiger partial charge in [0.25, 0.3) is 0 Å². The largest absolute Gasteiger partial charge is 0.465 e. The normalized spacial score (nSPS) is 12.4. The van der Waals surface area contributed by atoms with E-state index >= 15 is 0 Å². The van der Waals surface area contributed by atoms with Gasteiger partial charge in [0.1, 0.15) is 0 Å². The Labute approximate surface area is 107 Å². The molecule has 0 saturated heterocycles. The molecular weight excluding hydrogens is 212 g/mol. The van der Waals surface area contributed by atoms with E-state index in [1.54, 1.807) is 0 Å². The van der Waals surface area contributed by atoms with Crippen LogP contribution in [0.1, 0.15) is 78.6 Å². The number of hydrogen-bond donors (Lipinski definition) is 0. The van der Waals surface area contributed by atoms with Crippen molar-refractivity contribution in [3.8, 4) is 0 Å². The molecule has 0 rings (SSSR count). The Balaban J connectivity index is 3.54. The molecule has 0 amide bonds. The van der Waals surface area contributed by atoms with E-state index in [1.165, 1.54) is 25.7 Å². The Morgan fingerprint density at radius 2 is 1.59 bits per heavy atom. The number of hydrogen-bond acceptors (Lipinski definition) is 2. The highest BCUT2D eigenvalue weighted by molar-refractivity contribution is 5.72. The zero-order valence-corrected chi connectivity index (χ0v) is 12.0. The molecule has 0 aromatic carbocycles. The van der Waals surface area contributed by atoms with Crippen LogP contribution < -0.4 is 0 Å². The van der Waals surface area contributed by atoms with Crippen LogP contribution in [0.3, 0.4) is 0 Å². The second-order valence-corrected chi connectivity index (χ2v) is 4.83. The molecule has 0 spiro atoms. The van der Waals surface area contributed by atoms with Gasteiger partial charge >= 0.3 is 5.97 Å². The Kier molecular flexibility index (Phi) is 11.6. The maximum atomic E-state index is 11.7. The Bertz CT molecular complexity index is 178. The topological polar surface area (TPSA) is 26.3 Å². The van der Waals surface area contributed by atoms with Gasteiger partial charge in [-0.3, -0.25) is 4.79 Å². The fourth-order valence-electron chi connectivity index (χ4n) is 1.94. The molecule has 0 heterocycles. The van der Waals surface area contributed by atoms with Crippen LogP contribution in [0.2, 0.25) is 0 Å². The number of unbranched alkanes of at least 4 members (excludes halogenated alkanes) is 5. The van der Waals surface area contributed by atoms with Crippen molar-refractivity contribution in [2.45, 2.75) is 78.6 Å². The standard InChI is InChI=1S/C15H30O2/c1-4-7-9-10-11-13-17-15(16)14(6-3)12-8-5-2/h14H,4-13H2,1-3H3. The summed E-state index contributed by atoms with van der Waals surface area (Å²) in [7, 11) is 0. The van der Waals surface area contributed by atoms with E-state index in [0.717, 1.165) is 32.1 Å². The second kappa shape index (κ2) is 11.9. The molecule has 0 bridgehead atoms. The van der Waals surface area contributed by atoms with Crippen LogP contribution in [-0.4, -0.2) is 12.6 Å². The summed E-state index contributed by atoms with van der Waals surface area (Å²) < 4.78 is 5.33. The molecule has 1 unspecified atom stereocenters. The SMILES string of the molecule is CCCCCCCOC(=O)C(CC)CCCC. The van der Waals surface area contributed by atoms with E-state index in [2.05, 4.69) is 20.8 Å². The van der Waals surface area contributed by atoms with Crippen molar-refractivity contribution in [3.05, 3.63) is 0 Å². The Morgan fingerprint density at radius 3 is 2.18 bits per heavy atom. The van der Waals surface area contributed by atoms with Gasteiger partial charge < -0.3 is 4.74 Å². The molecule has 17 heavy (non-hydrogen) atoms. The van der Waals surface area contributed by atoms with Crippen molar-refractivity contribution in [1.29, 1.82) is 0 Å². The van der Waals surface area contributed by atoms with Gasteiger partial charge in [0.05, 0.1) is 12.5 Å². The van der Waals surface area contributed by atoms with Gasteiger partial charge in [-0.2, -0.15) is 0 Å². The van der Waals surface area contributed by atoms with Crippen LogP contribution in [-0.2, 0) is 9.53 Å². The number of carbonyl (C=O) groups excluding carboxylic acids is 1. The Morgan fingerprint density at radius 1 is 0.941 bits per heavy atom. The number of ether oxygens (including phenoxy) is 1. The quantitative estimate of drug-likeness (QED) is 0.387. The average Bonchev–Trinajstić information content (AvgIpc) is 2.34. The first-order chi connectivity index (χ1) is 8.26. The molecule has 0 fully saturated rings. The third kappa shape index (κ3) is 9.20. The van der Waals surface area contributed by atoms with Crippen molar-refractivity contribution in [3.63, 3.8) is 0 Å². The molecule has 0 aromatic heterocycles. The summed E-state index contributed by atoms with van der Waals surface area (Å²) in [6.07, 6.45) is 10.2. The molecule has 2 nitrogen and oxygen atoms in total. The minimum Gasteiger partial charge on any atom is -0.465 e. The lowest BCUT2D eigenvalue weighted by molar-refractivity contribution is -0.149. The minimum absolute atomic E-state index is 0.0245. The first-order valence-electron chi connectivity index (χ1n) is 7.42. The molecule has 0 aliphatic carbocycles. The lowest BCUT2D eigenvalue weighted by Gasteiger charge is -2.13. The van der Waals surface area contributed by atoms with Crippen LogP contribution >= 0.6 is 0 Å². The summed E-state index contributed by atoms with van der Waals surface area (Å²) in [5, 5.41) is 0. The van der Waals surface area contributed by atoms with Crippen LogP contribution in [0, 0.1) is 5.92 Å². The lowest BCUT2D eigenvalue weighted by Crippen LogP contribution is -2.17.